The van der Waals surface area contributed by atoms with Crippen LogP contribution in [0.2, 0.25) is 0 Å². The average Bonchev–Trinajstić information content (AvgIpc) is 3.46. The van der Waals surface area contributed by atoms with Gasteiger partial charge in [0.25, 0.3) is 0 Å². The maximum Gasteiger partial charge on any atom is 0.0467 e. The number of hydrogen-bond donors (Lipinski definition) is 4. The summed E-state index contributed by atoms with van der Waals surface area (Å²) < 4.78 is 0. The van der Waals surface area contributed by atoms with E-state index in [1.165, 1.54) is 36.8 Å². The highest BCUT2D eigenvalue weighted by Gasteiger charge is 2.18. The van der Waals surface area contributed by atoms with Crippen molar-refractivity contribution in [2.24, 2.45) is 0 Å². The minimum atomic E-state index is 0.435. The molecule has 0 spiro atoms. The van der Waals surface area contributed by atoms with Crippen LogP contribution in [0.5, 0.6) is 0 Å². The quantitative estimate of drug-likeness (QED) is 0.524. The van der Waals surface area contributed by atoms with Crippen molar-refractivity contribution in [2.75, 3.05) is 23.7 Å². The van der Waals surface area contributed by atoms with E-state index in [1.54, 1.807) is 0 Å². The fourth-order valence-corrected chi connectivity index (χ4v) is 3.91. The molecule has 4 N–H and O–H groups in total. The molecule has 2 aromatic rings. The summed E-state index contributed by atoms with van der Waals surface area (Å²) in [7, 11) is 0. The molecular formula is C26H36N4. The molecule has 2 aliphatic heterocycles. The Bertz CT molecular complexity index is 774. The van der Waals surface area contributed by atoms with Crippen LogP contribution in [0, 0.1) is 13.8 Å². The second-order valence-electron chi connectivity index (χ2n) is 8.23. The van der Waals surface area contributed by atoms with Gasteiger partial charge in [-0.3, -0.25) is 0 Å². The minimum absolute atomic E-state index is 0.435. The number of hydrogen-bond acceptors (Lipinski definition) is 4. The lowest BCUT2D eigenvalue weighted by molar-refractivity contribution is 0.695. The van der Waals surface area contributed by atoms with Gasteiger partial charge in [0.15, 0.2) is 0 Å². The maximum atomic E-state index is 4.10. The lowest BCUT2D eigenvalue weighted by Gasteiger charge is -2.17. The van der Waals surface area contributed by atoms with Crippen molar-refractivity contribution in [3.05, 3.63) is 84.2 Å². The standard InChI is InChI=1S/2C13H18N2/c2*1-10-6-3-4-7-12(10)15-11(2)13-8-5-9-14-13/h2*3-4,6-7,13-15H,2,5,8-9H2,1H3/t2*13-/m10/s1. The van der Waals surface area contributed by atoms with E-state index in [4.69, 9.17) is 0 Å². The first-order valence-electron chi connectivity index (χ1n) is 11.0. The van der Waals surface area contributed by atoms with Gasteiger partial charge in [0.05, 0.1) is 0 Å². The van der Waals surface area contributed by atoms with Crippen LogP contribution in [0.4, 0.5) is 11.4 Å². The molecule has 2 saturated heterocycles. The summed E-state index contributed by atoms with van der Waals surface area (Å²) in [5.41, 5.74) is 7.02. The smallest absolute Gasteiger partial charge is 0.0467 e. The predicted molar refractivity (Wildman–Crippen MR) is 130 cm³/mol. The zero-order valence-corrected chi connectivity index (χ0v) is 18.4. The number of nitrogens with one attached hydrogen (secondary N) is 4. The topological polar surface area (TPSA) is 48.1 Å². The van der Waals surface area contributed by atoms with Crippen LogP contribution in [0.1, 0.15) is 36.8 Å². The minimum Gasteiger partial charge on any atom is -0.358 e. The van der Waals surface area contributed by atoms with Gasteiger partial charge in [0.1, 0.15) is 0 Å². The van der Waals surface area contributed by atoms with Crippen LogP contribution in [0.3, 0.4) is 0 Å². The first-order chi connectivity index (χ1) is 14.5. The third kappa shape index (κ3) is 6.22. The first-order valence-corrected chi connectivity index (χ1v) is 11.0. The molecule has 160 valence electrons. The molecule has 0 radical (unpaired) electrons. The summed E-state index contributed by atoms with van der Waals surface area (Å²) in [6.07, 6.45) is 4.88. The Morgan fingerprint density at radius 1 is 0.733 bits per heavy atom. The summed E-state index contributed by atoms with van der Waals surface area (Å²) >= 11 is 0. The van der Waals surface area contributed by atoms with Crippen LogP contribution in [-0.4, -0.2) is 25.2 Å². The monoisotopic (exact) mass is 404 g/mol. The van der Waals surface area contributed by atoms with Crippen molar-refractivity contribution in [1.82, 2.24) is 10.6 Å². The number of anilines is 2. The lowest BCUT2D eigenvalue weighted by atomic mass is 10.1. The molecule has 2 atom stereocenters. The zero-order valence-electron chi connectivity index (χ0n) is 18.4. The van der Waals surface area contributed by atoms with Crippen molar-refractivity contribution in [2.45, 2.75) is 51.6 Å². The summed E-state index contributed by atoms with van der Waals surface area (Å²) in [4.78, 5) is 0. The Kier molecular flexibility index (Phi) is 8.12. The van der Waals surface area contributed by atoms with E-state index in [9.17, 15) is 0 Å². The van der Waals surface area contributed by atoms with E-state index in [2.05, 4.69) is 84.7 Å². The molecule has 0 aromatic heterocycles. The Morgan fingerprint density at radius 3 is 1.47 bits per heavy atom. The lowest BCUT2D eigenvalue weighted by Crippen LogP contribution is -2.26. The van der Waals surface area contributed by atoms with Gasteiger partial charge in [-0.25, -0.2) is 0 Å². The van der Waals surface area contributed by atoms with Crippen LogP contribution in [-0.2, 0) is 0 Å². The van der Waals surface area contributed by atoms with Crippen molar-refractivity contribution < 1.29 is 0 Å². The molecule has 4 nitrogen and oxygen atoms in total. The molecular weight excluding hydrogens is 368 g/mol. The van der Waals surface area contributed by atoms with Gasteiger partial charge in [0, 0.05) is 34.9 Å². The highest BCUT2D eigenvalue weighted by Crippen LogP contribution is 2.20. The van der Waals surface area contributed by atoms with Crippen molar-refractivity contribution in [1.29, 1.82) is 0 Å². The Hall–Kier alpha value is -2.56. The van der Waals surface area contributed by atoms with Gasteiger partial charge in [-0.1, -0.05) is 49.6 Å². The largest absolute Gasteiger partial charge is 0.358 e. The van der Waals surface area contributed by atoms with Crippen LogP contribution in [0.15, 0.2) is 73.1 Å². The Balaban J connectivity index is 0.000000171. The second kappa shape index (κ2) is 11.0. The molecule has 2 aromatic carbocycles. The van der Waals surface area contributed by atoms with Crippen LogP contribution >= 0.6 is 0 Å². The second-order valence-corrected chi connectivity index (χ2v) is 8.23. The molecule has 4 heteroatoms. The van der Waals surface area contributed by atoms with Crippen LogP contribution in [0.25, 0.3) is 0 Å². The average molecular weight is 405 g/mol. The molecule has 0 bridgehead atoms. The molecule has 0 aliphatic carbocycles. The van der Waals surface area contributed by atoms with E-state index < -0.39 is 0 Å². The number of benzene rings is 2. The SMILES string of the molecule is C=C(Nc1ccccc1C)[C@@H]1CCCN1.C=C(Nc1ccccc1C)[C@H]1CCCN1. The Labute approximate surface area is 181 Å². The van der Waals surface area contributed by atoms with Gasteiger partial charge < -0.3 is 21.3 Å². The number of rotatable bonds is 6. The maximum absolute atomic E-state index is 4.10. The number of para-hydroxylation sites is 2. The zero-order chi connectivity index (χ0) is 21.3. The predicted octanol–water partition coefficient (Wildman–Crippen LogP) is 5.35. The fraction of sp³-hybridized carbons (Fsp3) is 0.385. The third-order valence-electron chi connectivity index (χ3n) is 5.84. The molecule has 2 fully saturated rings. The molecule has 0 amide bonds. The van der Waals surface area contributed by atoms with Gasteiger partial charge in [-0.15, -0.1) is 0 Å². The summed E-state index contributed by atoms with van der Waals surface area (Å²) in [6.45, 7) is 14.6. The summed E-state index contributed by atoms with van der Waals surface area (Å²) in [5, 5.41) is 13.7. The molecule has 2 aliphatic rings. The first kappa shape index (κ1) is 22.1. The van der Waals surface area contributed by atoms with Gasteiger partial charge in [-0.2, -0.15) is 0 Å². The van der Waals surface area contributed by atoms with E-state index in [-0.39, 0.29) is 0 Å². The highest BCUT2D eigenvalue weighted by molar-refractivity contribution is 5.55. The van der Waals surface area contributed by atoms with E-state index in [0.29, 0.717) is 12.1 Å². The third-order valence-corrected chi connectivity index (χ3v) is 5.84. The molecule has 2 heterocycles. The van der Waals surface area contributed by atoms with Crippen molar-refractivity contribution in [3.63, 3.8) is 0 Å². The molecule has 30 heavy (non-hydrogen) atoms. The van der Waals surface area contributed by atoms with E-state index in [1.807, 2.05) is 12.1 Å². The summed E-state index contributed by atoms with van der Waals surface area (Å²) in [6, 6.07) is 17.5. The normalized spacial score (nSPS) is 20.2. The summed E-state index contributed by atoms with van der Waals surface area (Å²) in [5.74, 6) is 0. The molecule has 0 saturated carbocycles. The Morgan fingerprint density at radius 2 is 1.13 bits per heavy atom. The van der Waals surface area contributed by atoms with Crippen molar-refractivity contribution >= 4 is 11.4 Å². The van der Waals surface area contributed by atoms with E-state index in [0.717, 1.165) is 35.9 Å². The molecule has 0 unspecified atom stereocenters. The van der Waals surface area contributed by atoms with Gasteiger partial charge in [0.2, 0.25) is 0 Å². The fourth-order valence-electron chi connectivity index (χ4n) is 3.91. The van der Waals surface area contributed by atoms with Crippen LogP contribution < -0.4 is 21.3 Å². The van der Waals surface area contributed by atoms with E-state index >= 15 is 0 Å². The highest BCUT2D eigenvalue weighted by atomic mass is 15.0. The molecule has 4 rings (SSSR count). The number of aryl methyl sites for hydroxylation is 2. The van der Waals surface area contributed by atoms with Gasteiger partial charge >= 0.3 is 0 Å². The van der Waals surface area contributed by atoms with Crippen molar-refractivity contribution in [3.8, 4) is 0 Å². The van der Waals surface area contributed by atoms with Gasteiger partial charge in [-0.05, 0) is 75.9 Å².